The Hall–Kier alpha value is -4.39. The van der Waals surface area contributed by atoms with Crippen LogP contribution in [0.15, 0.2) is 133 Å². The second kappa shape index (κ2) is 30.0. The number of hydrogen-bond donors (Lipinski definition) is 1. The lowest BCUT2D eigenvalue weighted by Gasteiger charge is -2.45. The highest BCUT2D eigenvalue weighted by Crippen LogP contribution is 2.35. The highest BCUT2D eigenvalue weighted by atomic mass is 16.8. The molecule has 2 heterocycles. The van der Waals surface area contributed by atoms with E-state index in [1.54, 1.807) is 0 Å². The van der Waals surface area contributed by atoms with Gasteiger partial charge in [0.25, 0.3) is 0 Å². The van der Waals surface area contributed by atoms with Gasteiger partial charge < -0.3 is 43.2 Å². The zero-order valence-corrected chi connectivity index (χ0v) is 43.7. The van der Waals surface area contributed by atoms with Crippen molar-refractivity contribution in [3.05, 3.63) is 156 Å². The fraction of sp³-hybridized carbons (Fsp3) is 0.557. The maximum Gasteiger partial charge on any atom is 0.408 e. The van der Waals surface area contributed by atoms with Crippen molar-refractivity contribution < 1.29 is 42.7 Å². The number of carbonyl (C=O) groups is 1. The maximum atomic E-state index is 13.8. The van der Waals surface area contributed by atoms with Gasteiger partial charge in [-0.05, 0) is 63.3 Å². The van der Waals surface area contributed by atoms with E-state index in [1.807, 2.05) is 120 Å². The molecule has 10 heteroatoms. The molecule has 8 atom stereocenters. The van der Waals surface area contributed by atoms with E-state index in [9.17, 15) is 4.79 Å². The molecule has 0 aliphatic carbocycles. The van der Waals surface area contributed by atoms with Crippen LogP contribution in [0, 0.1) is 0 Å². The van der Waals surface area contributed by atoms with Crippen molar-refractivity contribution in [1.29, 1.82) is 0 Å². The average molecular weight is 976 g/mol. The van der Waals surface area contributed by atoms with Gasteiger partial charge in [-0.25, -0.2) is 4.79 Å². The summed E-state index contributed by atoms with van der Waals surface area (Å²) < 4.78 is 53.8. The third kappa shape index (κ3) is 20.2. The molecular formula is C61H85NO9. The molecule has 4 aromatic carbocycles. The molecule has 2 fully saturated rings. The lowest BCUT2D eigenvalue weighted by atomic mass is 9.92. The first-order chi connectivity index (χ1) is 34.5. The van der Waals surface area contributed by atoms with Crippen molar-refractivity contribution in [2.24, 2.45) is 0 Å². The molecule has 10 nitrogen and oxygen atoms in total. The van der Waals surface area contributed by atoms with Crippen molar-refractivity contribution in [3.63, 3.8) is 0 Å². The molecule has 1 amide bonds. The minimum atomic E-state index is -0.863. The Morgan fingerprint density at radius 3 is 1.54 bits per heavy atom. The number of carbonyl (C=O) groups excluding carboxylic acids is 1. The van der Waals surface area contributed by atoms with Crippen LogP contribution in [0.4, 0.5) is 4.79 Å². The Kier molecular flexibility index (Phi) is 23.6. The van der Waals surface area contributed by atoms with Crippen molar-refractivity contribution in [2.75, 3.05) is 6.61 Å². The number of unbranched alkanes of at least 4 members (excludes halogenated alkanes) is 11. The van der Waals surface area contributed by atoms with E-state index in [0.29, 0.717) is 26.4 Å². The summed E-state index contributed by atoms with van der Waals surface area (Å²) in [5.41, 5.74) is 3.40. The molecule has 0 bridgehead atoms. The third-order valence-corrected chi connectivity index (χ3v) is 13.0. The summed E-state index contributed by atoms with van der Waals surface area (Å²) in [7, 11) is 0. The molecule has 4 aromatic rings. The molecule has 1 N–H and O–H groups in total. The van der Waals surface area contributed by atoms with Gasteiger partial charge in [0, 0.05) is 0 Å². The summed E-state index contributed by atoms with van der Waals surface area (Å²) in [5, 5.41) is 3.18. The summed E-state index contributed by atoms with van der Waals surface area (Å²) in [6, 6.07) is 39.9. The zero-order chi connectivity index (χ0) is 50.2. The molecule has 6 rings (SSSR count). The molecule has 2 saturated heterocycles. The van der Waals surface area contributed by atoms with E-state index in [-0.39, 0.29) is 12.7 Å². The molecule has 388 valence electrons. The predicted octanol–water partition coefficient (Wildman–Crippen LogP) is 13.8. The number of hydrogen-bond acceptors (Lipinski definition) is 9. The van der Waals surface area contributed by atoms with Crippen molar-refractivity contribution in [3.8, 4) is 0 Å². The van der Waals surface area contributed by atoms with Gasteiger partial charge in [-0.2, -0.15) is 0 Å². The van der Waals surface area contributed by atoms with Crippen LogP contribution in [0.2, 0.25) is 0 Å². The minimum Gasteiger partial charge on any atom is -0.444 e. The number of ether oxygens (including phenoxy) is 8. The summed E-state index contributed by atoms with van der Waals surface area (Å²) in [6.07, 6.45) is 15.6. The molecule has 0 aromatic heterocycles. The Balaban J connectivity index is 1.28. The second-order valence-electron chi connectivity index (χ2n) is 20.8. The molecule has 0 saturated carbocycles. The van der Waals surface area contributed by atoms with Crippen molar-refractivity contribution in [1.82, 2.24) is 5.32 Å². The standard InChI is InChI=1S/C61H85NO9/c1-7-8-9-10-11-12-13-14-15-16-17-30-39-53-55(70-61(5,6)69-53)51(62-59(63)71-60(2,3)4)40-41-52-56(65-43-48-33-24-19-25-34-48)58(67-45-50-37-28-21-29-38-50)57(66-44-49-35-26-20-27-36-49)54(68-52)46-64-42-47-31-22-18-23-32-47/h18-29,31-38,40-41,51-58H,7-17,30,39,42-46H2,1-6H3,(H,62,63)/b41-40-/t51-,52+,53+,54?,55-,56?,57-,58+/m0/s1. The van der Waals surface area contributed by atoms with Gasteiger partial charge in [-0.3, -0.25) is 0 Å². The lowest BCUT2D eigenvalue weighted by molar-refractivity contribution is -0.263. The van der Waals surface area contributed by atoms with Gasteiger partial charge in [0.2, 0.25) is 0 Å². The van der Waals surface area contributed by atoms with E-state index < -0.39 is 60.1 Å². The Morgan fingerprint density at radius 2 is 1.04 bits per heavy atom. The molecule has 2 aliphatic rings. The van der Waals surface area contributed by atoms with Crippen molar-refractivity contribution in [2.45, 2.75) is 212 Å². The number of rotatable bonds is 30. The van der Waals surface area contributed by atoms with Gasteiger partial charge in [0.15, 0.2) is 5.79 Å². The quantitative estimate of drug-likeness (QED) is 0.0404. The number of alkyl carbamates (subject to hydrolysis) is 1. The van der Waals surface area contributed by atoms with Gasteiger partial charge >= 0.3 is 6.09 Å². The Morgan fingerprint density at radius 1 is 0.592 bits per heavy atom. The second-order valence-corrected chi connectivity index (χ2v) is 20.8. The molecular weight excluding hydrogens is 891 g/mol. The van der Waals surface area contributed by atoms with Crippen LogP contribution in [0.25, 0.3) is 0 Å². The minimum absolute atomic E-state index is 0.226. The first-order valence-corrected chi connectivity index (χ1v) is 26.7. The third-order valence-electron chi connectivity index (χ3n) is 13.0. The molecule has 2 unspecified atom stereocenters. The fourth-order valence-corrected chi connectivity index (χ4v) is 9.47. The Labute approximate surface area is 426 Å². The van der Waals surface area contributed by atoms with Crippen LogP contribution >= 0.6 is 0 Å². The molecule has 0 spiro atoms. The Bertz CT molecular complexity index is 2060. The van der Waals surface area contributed by atoms with Gasteiger partial charge in [-0.1, -0.05) is 217 Å². The van der Waals surface area contributed by atoms with E-state index >= 15 is 0 Å². The summed E-state index contributed by atoms with van der Waals surface area (Å²) in [5.74, 6) is -0.863. The topological polar surface area (TPSA) is 103 Å². The van der Waals surface area contributed by atoms with Crippen LogP contribution in [0.5, 0.6) is 0 Å². The van der Waals surface area contributed by atoms with Gasteiger partial charge in [-0.15, -0.1) is 0 Å². The van der Waals surface area contributed by atoms with Crippen LogP contribution in [-0.4, -0.2) is 72.9 Å². The number of benzene rings is 4. The lowest BCUT2D eigenvalue weighted by Crippen LogP contribution is -2.60. The van der Waals surface area contributed by atoms with E-state index in [0.717, 1.165) is 41.5 Å². The van der Waals surface area contributed by atoms with Crippen LogP contribution in [0.1, 0.15) is 147 Å². The molecule has 0 radical (unpaired) electrons. The SMILES string of the molecule is CCCCCCCCCCCCCC[C@H]1OC(C)(C)O[C@H]1[C@H](/C=C\[C@H]1OC(COCc2ccccc2)[C@H](OCc2ccccc2)[C@H](OCc2ccccc2)C1OCc1ccccc1)NC(=O)OC(C)(C)C. The normalized spacial score (nSPS) is 22.6. The fourth-order valence-electron chi connectivity index (χ4n) is 9.47. The summed E-state index contributed by atoms with van der Waals surface area (Å²) in [4.78, 5) is 13.8. The van der Waals surface area contributed by atoms with Crippen molar-refractivity contribution >= 4 is 6.09 Å². The summed E-state index contributed by atoms with van der Waals surface area (Å²) in [6.45, 7) is 13.3. The van der Waals surface area contributed by atoms with Crippen LogP contribution in [0.3, 0.4) is 0 Å². The largest absolute Gasteiger partial charge is 0.444 e. The average Bonchev–Trinajstić information content (AvgIpc) is 3.68. The molecule has 71 heavy (non-hydrogen) atoms. The number of amides is 1. The first kappa shape index (κ1) is 55.9. The van der Waals surface area contributed by atoms with E-state index in [4.69, 9.17) is 37.9 Å². The number of nitrogens with one attached hydrogen (secondary N) is 1. The smallest absolute Gasteiger partial charge is 0.408 e. The van der Waals surface area contributed by atoms with Gasteiger partial charge in [0.1, 0.15) is 42.2 Å². The first-order valence-electron chi connectivity index (χ1n) is 26.7. The highest BCUT2D eigenvalue weighted by Gasteiger charge is 2.49. The van der Waals surface area contributed by atoms with Crippen LogP contribution < -0.4 is 5.32 Å². The highest BCUT2D eigenvalue weighted by molar-refractivity contribution is 5.68. The summed E-state index contributed by atoms with van der Waals surface area (Å²) >= 11 is 0. The van der Waals surface area contributed by atoms with E-state index in [1.165, 1.54) is 64.2 Å². The monoisotopic (exact) mass is 976 g/mol. The molecule has 2 aliphatic heterocycles. The van der Waals surface area contributed by atoms with Gasteiger partial charge in [0.05, 0.1) is 45.2 Å². The maximum absolute atomic E-state index is 13.8. The predicted molar refractivity (Wildman–Crippen MR) is 282 cm³/mol. The van der Waals surface area contributed by atoms with E-state index in [2.05, 4.69) is 60.8 Å². The van der Waals surface area contributed by atoms with Crippen LogP contribution in [-0.2, 0) is 64.3 Å². The zero-order valence-electron chi connectivity index (χ0n) is 43.7.